The number of thiophene rings is 1. The van der Waals surface area contributed by atoms with Gasteiger partial charge in [-0.1, -0.05) is 6.92 Å². The number of hydrogen-bond acceptors (Lipinski definition) is 4. The Labute approximate surface area is 126 Å². The standard InChI is InChI=1S/C12H18BrNO3S2/c1-3-14(7-10-4-5-17-8-10)19(15,16)11-6-12(13)18-9(11)2/h6,10H,3-5,7-8H2,1-2H3. The van der Waals surface area contributed by atoms with Crippen molar-refractivity contribution in [2.24, 2.45) is 5.92 Å². The van der Waals surface area contributed by atoms with Crippen LogP contribution in [0.4, 0.5) is 0 Å². The summed E-state index contributed by atoms with van der Waals surface area (Å²) in [6.07, 6.45) is 0.943. The van der Waals surface area contributed by atoms with E-state index in [9.17, 15) is 8.42 Å². The molecule has 2 heterocycles. The van der Waals surface area contributed by atoms with Gasteiger partial charge in [-0.25, -0.2) is 8.42 Å². The summed E-state index contributed by atoms with van der Waals surface area (Å²) >= 11 is 4.80. The maximum absolute atomic E-state index is 12.7. The van der Waals surface area contributed by atoms with Crippen LogP contribution >= 0.6 is 27.3 Å². The summed E-state index contributed by atoms with van der Waals surface area (Å²) in [5.74, 6) is 0.317. The summed E-state index contributed by atoms with van der Waals surface area (Å²) in [5.41, 5.74) is 0. The Hall–Kier alpha value is 0.0500. The van der Waals surface area contributed by atoms with Crippen molar-refractivity contribution < 1.29 is 13.2 Å². The second-order valence-corrected chi connectivity index (χ2v) is 9.20. The molecule has 0 aromatic carbocycles. The van der Waals surface area contributed by atoms with E-state index in [4.69, 9.17) is 4.74 Å². The monoisotopic (exact) mass is 367 g/mol. The van der Waals surface area contributed by atoms with E-state index < -0.39 is 10.0 Å². The van der Waals surface area contributed by atoms with Gasteiger partial charge in [0.05, 0.1) is 15.3 Å². The minimum Gasteiger partial charge on any atom is -0.381 e. The smallest absolute Gasteiger partial charge is 0.244 e. The predicted octanol–water partition coefficient (Wildman–Crippen LogP) is 2.87. The molecule has 7 heteroatoms. The summed E-state index contributed by atoms with van der Waals surface area (Å²) in [6, 6.07) is 1.70. The molecule has 1 aliphatic heterocycles. The van der Waals surface area contributed by atoms with Gasteiger partial charge in [0, 0.05) is 24.6 Å². The summed E-state index contributed by atoms with van der Waals surface area (Å²) in [5, 5.41) is 0. The number of aryl methyl sites for hydroxylation is 1. The average molecular weight is 368 g/mol. The highest BCUT2D eigenvalue weighted by Gasteiger charge is 2.29. The van der Waals surface area contributed by atoms with Crippen LogP contribution < -0.4 is 0 Å². The predicted molar refractivity (Wildman–Crippen MR) is 80.1 cm³/mol. The normalized spacial score (nSPS) is 20.3. The molecule has 1 aromatic heterocycles. The molecule has 19 heavy (non-hydrogen) atoms. The summed E-state index contributed by atoms with van der Waals surface area (Å²) in [4.78, 5) is 1.25. The summed E-state index contributed by atoms with van der Waals surface area (Å²) in [6.45, 7) is 6.17. The molecule has 4 nitrogen and oxygen atoms in total. The molecule has 0 bridgehead atoms. The van der Waals surface area contributed by atoms with Crippen molar-refractivity contribution in [2.75, 3.05) is 26.3 Å². The van der Waals surface area contributed by atoms with Gasteiger partial charge < -0.3 is 4.74 Å². The fourth-order valence-corrected chi connectivity index (χ4v) is 6.15. The first-order valence-electron chi connectivity index (χ1n) is 6.29. The Morgan fingerprint density at radius 3 is 2.79 bits per heavy atom. The molecular weight excluding hydrogens is 350 g/mol. The maximum Gasteiger partial charge on any atom is 0.244 e. The van der Waals surface area contributed by atoms with Gasteiger partial charge in [0.25, 0.3) is 0 Å². The third kappa shape index (κ3) is 3.39. The Kier molecular flexibility index (Phi) is 5.05. The third-order valence-corrected chi connectivity index (χ3v) is 7.05. The van der Waals surface area contributed by atoms with E-state index >= 15 is 0 Å². The first-order chi connectivity index (χ1) is 8.95. The molecule has 0 saturated carbocycles. The van der Waals surface area contributed by atoms with E-state index in [-0.39, 0.29) is 0 Å². The Bertz CT molecular complexity index is 535. The fourth-order valence-electron chi connectivity index (χ4n) is 2.24. The van der Waals surface area contributed by atoms with Gasteiger partial charge in [-0.2, -0.15) is 4.31 Å². The molecule has 0 spiro atoms. The molecule has 108 valence electrons. The van der Waals surface area contributed by atoms with E-state index in [1.807, 2.05) is 13.8 Å². The lowest BCUT2D eigenvalue weighted by Crippen LogP contribution is -2.35. The molecule has 1 aromatic rings. The second kappa shape index (κ2) is 6.22. The molecule has 0 radical (unpaired) electrons. The van der Waals surface area contributed by atoms with Crippen LogP contribution in [-0.4, -0.2) is 39.0 Å². The van der Waals surface area contributed by atoms with Crippen LogP contribution in [0.1, 0.15) is 18.2 Å². The molecule has 0 aliphatic carbocycles. The molecular formula is C12H18BrNO3S2. The van der Waals surface area contributed by atoms with Gasteiger partial charge in [-0.15, -0.1) is 11.3 Å². The highest BCUT2D eigenvalue weighted by Crippen LogP contribution is 2.32. The lowest BCUT2D eigenvalue weighted by molar-refractivity contribution is 0.181. The van der Waals surface area contributed by atoms with Gasteiger partial charge in [-0.3, -0.25) is 0 Å². The summed E-state index contributed by atoms with van der Waals surface area (Å²) in [7, 11) is -3.39. The number of halogens is 1. The zero-order valence-corrected chi connectivity index (χ0v) is 14.3. The first kappa shape index (κ1) is 15.4. The van der Waals surface area contributed by atoms with Crippen molar-refractivity contribution in [3.05, 3.63) is 14.7 Å². The Morgan fingerprint density at radius 1 is 1.58 bits per heavy atom. The van der Waals surface area contributed by atoms with Crippen LogP contribution in [-0.2, 0) is 14.8 Å². The van der Waals surface area contributed by atoms with E-state index in [1.54, 1.807) is 10.4 Å². The van der Waals surface area contributed by atoms with Crippen LogP contribution in [0, 0.1) is 12.8 Å². The fraction of sp³-hybridized carbons (Fsp3) is 0.667. The molecule has 1 aliphatic rings. The average Bonchev–Trinajstić information content (AvgIpc) is 2.95. The maximum atomic E-state index is 12.7. The number of nitrogens with zero attached hydrogens (tertiary/aromatic N) is 1. The molecule has 1 unspecified atom stereocenters. The Balaban J connectivity index is 2.22. The lowest BCUT2D eigenvalue weighted by atomic mass is 10.1. The Morgan fingerprint density at radius 2 is 2.32 bits per heavy atom. The molecule has 0 N–H and O–H groups in total. The van der Waals surface area contributed by atoms with E-state index in [1.165, 1.54) is 11.3 Å². The zero-order chi connectivity index (χ0) is 14.0. The minimum atomic E-state index is -3.39. The quantitative estimate of drug-likeness (QED) is 0.803. The van der Waals surface area contributed by atoms with Crippen molar-refractivity contribution in [3.8, 4) is 0 Å². The largest absolute Gasteiger partial charge is 0.381 e. The number of hydrogen-bond donors (Lipinski definition) is 0. The number of ether oxygens (including phenoxy) is 1. The third-order valence-electron chi connectivity index (χ3n) is 3.30. The molecule has 1 saturated heterocycles. The van der Waals surface area contributed by atoms with Crippen LogP contribution in [0.3, 0.4) is 0 Å². The van der Waals surface area contributed by atoms with Crippen molar-refractivity contribution in [2.45, 2.75) is 25.2 Å². The van der Waals surface area contributed by atoms with Gasteiger partial charge in [0.2, 0.25) is 10.0 Å². The van der Waals surface area contributed by atoms with Crippen LogP contribution in [0.5, 0.6) is 0 Å². The lowest BCUT2D eigenvalue weighted by Gasteiger charge is -2.23. The number of sulfonamides is 1. The van der Waals surface area contributed by atoms with E-state index in [0.717, 1.165) is 21.7 Å². The van der Waals surface area contributed by atoms with Crippen LogP contribution in [0.2, 0.25) is 0 Å². The highest BCUT2D eigenvalue weighted by molar-refractivity contribution is 9.11. The topological polar surface area (TPSA) is 46.6 Å². The minimum absolute atomic E-state index is 0.317. The molecule has 1 fully saturated rings. The zero-order valence-electron chi connectivity index (χ0n) is 11.1. The number of rotatable bonds is 5. The second-order valence-electron chi connectivity index (χ2n) is 4.66. The molecule has 1 atom stereocenters. The van der Waals surface area contributed by atoms with Crippen LogP contribution in [0.15, 0.2) is 14.7 Å². The van der Waals surface area contributed by atoms with E-state index in [0.29, 0.717) is 30.5 Å². The van der Waals surface area contributed by atoms with Gasteiger partial charge in [0.15, 0.2) is 0 Å². The SMILES string of the molecule is CCN(CC1CCOC1)S(=O)(=O)c1cc(Br)sc1C. The highest BCUT2D eigenvalue weighted by atomic mass is 79.9. The molecule has 0 amide bonds. The van der Waals surface area contributed by atoms with Gasteiger partial charge >= 0.3 is 0 Å². The summed E-state index contributed by atoms with van der Waals surface area (Å²) < 4.78 is 33.0. The molecule has 2 rings (SSSR count). The van der Waals surface area contributed by atoms with Crippen molar-refractivity contribution >= 4 is 37.3 Å². The van der Waals surface area contributed by atoms with E-state index in [2.05, 4.69) is 15.9 Å². The van der Waals surface area contributed by atoms with Crippen molar-refractivity contribution in [3.63, 3.8) is 0 Å². The van der Waals surface area contributed by atoms with Crippen molar-refractivity contribution in [1.29, 1.82) is 0 Å². The first-order valence-corrected chi connectivity index (χ1v) is 9.34. The van der Waals surface area contributed by atoms with Crippen molar-refractivity contribution in [1.82, 2.24) is 4.31 Å². The van der Waals surface area contributed by atoms with Gasteiger partial charge in [0.1, 0.15) is 0 Å². The van der Waals surface area contributed by atoms with Gasteiger partial charge in [-0.05, 0) is 41.3 Å². The van der Waals surface area contributed by atoms with Crippen LogP contribution in [0.25, 0.3) is 0 Å².